The van der Waals surface area contributed by atoms with E-state index in [4.69, 9.17) is 11.6 Å². The second-order valence-corrected chi connectivity index (χ2v) is 7.25. The van der Waals surface area contributed by atoms with Crippen LogP contribution in [0.1, 0.15) is 10.4 Å². The molecule has 3 rings (SSSR count). The van der Waals surface area contributed by atoms with Gasteiger partial charge in [0, 0.05) is 60.9 Å². The number of urea groups is 1. The molecule has 1 saturated heterocycles. The fourth-order valence-corrected chi connectivity index (χ4v) is 3.59. The van der Waals surface area contributed by atoms with Gasteiger partial charge in [0.25, 0.3) is 5.91 Å². The molecule has 3 amide bonds. The summed E-state index contributed by atoms with van der Waals surface area (Å²) in [7, 11) is 0. The van der Waals surface area contributed by atoms with E-state index < -0.39 is 0 Å². The molecule has 138 valence electrons. The summed E-state index contributed by atoms with van der Waals surface area (Å²) in [5.74, 6) is -0.0363. The Hall–Kier alpha value is -2.09. The number of carbonyl (C=O) groups is 2. The van der Waals surface area contributed by atoms with E-state index >= 15 is 0 Å². The van der Waals surface area contributed by atoms with Crippen LogP contribution in [0.4, 0.5) is 10.5 Å². The summed E-state index contributed by atoms with van der Waals surface area (Å²) >= 11 is 7.45. The van der Waals surface area contributed by atoms with Gasteiger partial charge in [-0.15, -0.1) is 0 Å². The van der Waals surface area contributed by atoms with E-state index in [1.807, 2.05) is 22.9 Å². The SMILES string of the molecule is O=C(NCCN1CCN(C(=O)Nc2cccc(Cl)c2)CC1)c1ccsc1. The summed E-state index contributed by atoms with van der Waals surface area (Å²) in [6.07, 6.45) is 0. The summed E-state index contributed by atoms with van der Waals surface area (Å²) in [6, 6.07) is 8.82. The first-order valence-corrected chi connectivity index (χ1v) is 9.78. The van der Waals surface area contributed by atoms with Crippen molar-refractivity contribution < 1.29 is 9.59 Å². The van der Waals surface area contributed by atoms with Gasteiger partial charge in [0.05, 0.1) is 0 Å². The fraction of sp³-hybridized carbons (Fsp3) is 0.333. The Bertz CT molecular complexity index is 745. The molecule has 0 bridgehead atoms. The number of piperazine rings is 1. The summed E-state index contributed by atoms with van der Waals surface area (Å²) in [5, 5.41) is 10.1. The molecule has 1 aromatic heterocycles. The molecule has 1 aromatic carbocycles. The van der Waals surface area contributed by atoms with Crippen LogP contribution >= 0.6 is 22.9 Å². The molecule has 2 N–H and O–H groups in total. The molecular formula is C18H21ClN4O2S. The molecule has 0 aliphatic carbocycles. The lowest BCUT2D eigenvalue weighted by Crippen LogP contribution is -2.51. The molecular weight excluding hydrogens is 372 g/mol. The monoisotopic (exact) mass is 392 g/mol. The number of nitrogens with one attached hydrogen (secondary N) is 2. The minimum Gasteiger partial charge on any atom is -0.351 e. The van der Waals surface area contributed by atoms with Gasteiger partial charge >= 0.3 is 6.03 Å². The largest absolute Gasteiger partial charge is 0.351 e. The highest BCUT2D eigenvalue weighted by Gasteiger charge is 2.21. The predicted molar refractivity (Wildman–Crippen MR) is 105 cm³/mol. The Morgan fingerprint density at radius 3 is 2.65 bits per heavy atom. The van der Waals surface area contributed by atoms with Gasteiger partial charge in [-0.2, -0.15) is 11.3 Å². The molecule has 2 aromatic rings. The van der Waals surface area contributed by atoms with Gasteiger partial charge in [-0.25, -0.2) is 4.79 Å². The molecule has 2 heterocycles. The van der Waals surface area contributed by atoms with Crippen LogP contribution in [0.3, 0.4) is 0 Å². The van der Waals surface area contributed by atoms with Crippen LogP contribution in [0.15, 0.2) is 41.1 Å². The Morgan fingerprint density at radius 2 is 1.96 bits per heavy atom. The Balaban J connectivity index is 1.37. The number of nitrogens with zero attached hydrogens (tertiary/aromatic N) is 2. The quantitative estimate of drug-likeness (QED) is 0.822. The molecule has 6 nitrogen and oxygen atoms in total. The van der Waals surface area contributed by atoms with Crippen LogP contribution in [-0.2, 0) is 0 Å². The molecule has 0 saturated carbocycles. The number of hydrogen-bond donors (Lipinski definition) is 2. The van der Waals surface area contributed by atoms with Gasteiger partial charge in [0.1, 0.15) is 0 Å². The molecule has 8 heteroatoms. The molecule has 1 aliphatic rings. The summed E-state index contributed by atoms with van der Waals surface area (Å²) < 4.78 is 0. The van der Waals surface area contributed by atoms with Crippen molar-refractivity contribution in [1.29, 1.82) is 0 Å². The van der Waals surface area contributed by atoms with Crippen molar-refractivity contribution >= 4 is 40.6 Å². The first kappa shape index (κ1) is 18.7. The van der Waals surface area contributed by atoms with Gasteiger partial charge in [-0.1, -0.05) is 17.7 Å². The highest BCUT2D eigenvalue weighted by atomic mass is 35.5. The number of carbonyl (C=O) groups excluding carboxylic acids is 2. The van der Waals surface area contributed by atoms with E-state index in [0.717, 1.165) is 19.6 Å². The van der Waals surface area contributed by atoms with E-state index in [1.165, 1.54) is 11.3 Å². The second kappa shape index (κ2) is 9.02. The van der Waals surface area contributed by atoms with Gasteiger partial charge in [0.15, 0.2) is 0 Å². The lowest BCUT2D eigenvalue weighted by atomic mass is 10.3. The summed E-state index contributed by atoms with van der Waals surface area (Å²) in [5.41, 5.74) is 1.40. The number of amides is 3. The van der Waals surface area contributed by atoms with Crippen LogP contribution in [0.2, 0.25) is 5.02 Å². The summed E-state index contributed by atoms with van der Waals surface area (Å²) in [6.45, 7) is 4.27. The fourth-order valence-electron chi connectivity index (χ4n) is 2.77. The van der Waals surface area contributed by atoms with Crippen molar-refractivity contribution in [1.82, 2.24) is 15.1 Å². The number of halogens is 1. The van der Waals surface area contributed by atoms with E-state index in [-0.39, 0.29) is 11.9 Å². The number of thiophene rings is 1. The zero-order valence-electron chi connectivity index (χ0n) is 14.3. The highest BCUT2D eigenvalue weighted by molar-refractivity contribution is 7.08. The topological polar surface area (TPSA) is 64.7 Å². The van der Waals surface area contributed by atoms with Crippen molar-refractivity contribution in [2.45, 2.75) is 0 Å². The minimum atomic E-state index is -0.113. The van der Waals surface area contributed by atoms with E-state index in [9.17, 15) is 9.59 Å². The van der Waals surface area contributed by atoms with Crippen molar-refractivity contribution in [3.63, 3.8) is 0 Å². The third-order valence-corrected chi connectivity index (χ3v) is 5.15. The number of rotatable bonds is 5. The maximum Gasteiger partial charge on any atom is 0.321 e. The van der Waals surface area contributed by atoms with Crippen LogP contribution in [0.25, 0.3) is 0 Å². The van der Waals surface area contributed by atoms with Crippen molar-refractivity contribution in [3.8, 4) is 0 Å². The number of anilines is 1. The van der Waals surface area contributed by atoms with E-state index in [0.29, 0.717) is 35.9 Å². The first-order chi connectivity index (χ1) is 12.6. The highest BCUT2D eigenvalue weighted by Crippen LogP contribution is 2.15. The van der Waals surface area contributed by atoms with Gasteiger partial charge in [-0.05, 0) is 29.6 Å². The average Bonchev–Trinajstić information content (AvgIpc) is 3.17. The second-order valence-electron chi connectivity index (χ2n) is 6.04. The Morgan fingerprint density at radius 1 is 1.15 bits per heavy atom. The molecule has 26 heavy (non-hydrogen) atoms. The Kier molecular flexibility index (Phi) is 6.49. The minimum absolute atomic E-state index is 0.0363. The van der Waals surface area contributed by atoms with Gasteiger partial charge in [0.2, 0.25) is 0 Å². The molecule has 0 radical (unpaired) electrons. The lowest BCUT2D eigenvalue weighted by molar-refractivity contribution is 0.0943. The normalized spacial score (nSPS) is 14.9. The third-order valence-electron chi connectivity index (χ3n) is 4.23. The lowest BCUT2D eigenvalue weighted by Gasteiger charge is -2.34. The maximum absolute atomic E-state index is 12.3. The van der Waals surface area contributed by atoms with E-state index in [2.05, 4.69) is 15.5 Å². The zero-order valence-corrected chi connectivity index (χ0v) is 15.9. The van der Waals surface area contributed by atoms with Crippen molar-refractivity contribution in [2.24, 2.45) is 0 Å². The third kappa shape index (κ3) is 5.20. The maximum atomic E-state index is 12.3. The standard InChI is InChI=1S/C18H21ClN4O2S/c19-15-2-1-3-16(12-15)21-18(25)23-9-7-22(8-10-23)6-5-20-17(24)14-4-11-26-13-14/h1-4,11-13H,5-10H2,(H,20,24)(H,21,25). The van der Waals surface area contributed by atoms with Crippen LogP contribution in [0.5, 0.6) is 0 Å². The zero-order chi connectivity index (χ0) is 18.4. The van der Waals surface area contributed by atoms with E-state index in [1.54, 1.807) is 23.1 Å². The van der Waals surface area contributed by atoms with Gasteiger partial charge in [-0.3, -0.25) is 9.69 Å². The average molecular weight is 393 g/mol. The molecule has 0 spiro atoms. The van der Waals surface area contributed by atoms with Crippen LogP contribution in [-0.4, -0.2) is 61.0 Å². The first-order valence-electron chi connectivity index (χ1n) is 8.46. The van der Waals surface area contributed by atoms with Crippen molar-refractivity contribution in [3.05, 3.63) is 51.7 Å². The summed E-state index contributed by atoms with van der Waals surface area (Å²) in [4.78, 5) is 28.3. The predicted octanol–water partition coefficient (Wildman–Crippen LogP) is 2.98. The van der Waals surface area contributed by atoms with Gasteiger partial charge < -0.3 is 15.5 Å². The molecule has 0 atom stereocenters. The Labute approximate surface area is 161 Å². The number of hydrogen-bond acceptors (Lipinski definition) is 4. The number of benzene rings is 1. The molecule has 1 fully saturated rings. The smallest absolute Gasteiger partial charge is 0.321 e. The van der Waals surface area contributed by atoms with Crippen LogP contribution < -0.4 is 10.6 Å². The van der Waals surface area contributed by atoms with Crippen LogP contribution in [0, 0.1) is 0 Å². The van der Waals surface area contributed by atoms with Crippen molar-refractivity contribution in [2.75, 3.05) is 44.6 Å². The molecule has 0 unspecified atom stereocenters. The molecule has 1 aliphatic heterocycles.